The van der Waals surface area contributed by atoms with Crippen molar-refractivity contribution in [3.63, 3.8) is 0 Å². The summed E-state index contributed by atoms with van der Waals surface area (Å²) in [6, 6.07) is 12.4. The third-order valence-corrected chi connectivity index (χ3v) is 5.01. The van der Waals surface area contributed by atoms with Gasteiger partial charge in [0.2, 0.25) is 5.91 Å². The molecule has 0 aliphatic carbocycles. The maximum absolute atomic E-state index is 12.9. The number of carbonyl (C=O) groups is 4. The molecule has 2 aromatic rings. The molecule has 9 nitrogen and oxygen atoms in total. The predicted octanol–water partition coefficient (Wildman–Crippen LogP) is 1.85. The molecular weight excluding hydrogens is 400 g/mol. The maximum atomic E-state index is 12.9. The highest BCUT2D eigenvalue weighted by atomic mass is 16.5. The molecule has 0 saturated carbocycles. The Hall–Kier alpha value is -3.88. The minimum Gasteiger partial charge on any atom is -0.497 e. The standard InChI is InChI=1S/C22H24N4O5/c1-4-23-19(28)14-5-9-16(10-6-14)24-18(27)13-26-20(29)22(2,25-21(26)30)15-7-11-17(31-3)12-8-15/h5-12H,4,13H2,1-3H3,(H,23,28)(H,24,27)(H,25,30). The number of nitrogens with zero attached hydrogens (tertiary/aromatic N) is 1. The summed E-state index contributed by atoms with van der Waals surface area (Å²) in [5, 5.41) is 7.97. The molecule has 1 unspecified atom stereocenters. The first kappa shape index (κ1) is 21.8. The van der Waals surface area contributed by atoms with Crippen LogP contribution >= 0.6 is 0 Å². The van der Waals surface area contributed by atoms with Crippen molar-refractivity contribution in [3.05, 3.63) is 59.7 Å². The number of anilines is 1. The molecule has 0 radical (unpaired) electrons. The van der Waals surface area contributed by atoms with Gasteiger partial charge in [0.25, 0.3) is 11.8 Å². The SMILES string of the molecule is CCNC(=O)c1ccc(NC(=O)CN2C(=O)NC(C)(c3ccc(OC)cc3)C2=O)cc1. The van der Waals surface area contributed by atoms with Gasteiger partial charge in [-0.15, -0.1) is 0 Å². The van der Waals surface area contributed by atoms with Gasteiger partial charge in [0.1, 0.15) is 17.8 Å². The van der Waals surface area contributed by atoms with Gasteiger partial charge < -0.3 is 20.7 Å². The number of ether oxygens (including phenoxy) is 1. The van der Waals surface area contributed by atoms with Crippen LogP contribution in [-0.2, 0) is 15.1 Å². The Labute approximate surface area is 179 Å². The molecule has 1 atom stereocenters. The molecule has 1 aliphatic rings. The fraction of sp³-hybridized carbons (Fsp3) is 0.273. The molecule has 3 N–H and O–H groups in total. The largest absolute Gasteiger partial charge is 0.497 e. The number of benzene rings is 2. The zero-order valence-electron chi connectivity index (χ0n) is 17.5. The normalized spacial score (nSPS) is 17.8. The van der Waals surface area contributed by atoms with Crippen LogP contribution in [0.2, 0.25) is 0 Å². The Morgan fingerprint density at radius 3 is 2.29 bits per heavy atom. The second-order valence-electron chi connectivity index (χ2n) is 7.16. The van der Waals surface area contributed by atoms with Crippen molar-refractivity contribution in [1.29, 1.82) is 0 Å². The summed E-state index contributed by atoms with van der Waals surface area (Å²) in [4.78, 5) is 50.5. The lowest BCUT2D eigenvalue weighted by Crippen LogP contribution is -2.42. The van der Waals surface area contributed by atoms with Crippen LogP contribution in [0.4, 0.5) is 10.5 Å². The Balaban J connectivity index is 1.66. The van der Waals surface area contributed by atoms with E-state index in [1.807, 2.05) is 6.92 Å². The molecule has 0 aromatic heterocycles. The summed E-state index contributed by atoms with van der Waals surface area (Å²) in [6.07, 6.45) is 0. The number of amides is 5. The monoisotopic (exact) mass is 424 g/mol. The lowest BCUT2D eigenvalue weighted by atomic mass is 9.92. The first-order valence-electron chi connectivity index (χ1n) is 9.75. The predicted molar refractivity (Wildman–Crippen MR) is 114 cm³/mol. The molecule has 31 heavy (non-hydrogen) atoms. The fourth-order valence-electron chi connectivity index (χ4n) is 3.27. The lowest BCUT2D eigenvalue weighted by molar-refractivity contribution is -0.133. The van der Waals surface area contributed by atoms with E-state index in [2.05, 4.69) is 16.0 Å². The van der Waals surface area contributed by atoms with Crippen LogP contribution in [0.15, 0.2) is 48.5 Å². The summed E-state index contributed by atoms with van der Waals surface area (Å²) in [5.74, 6) is -0.645. The van der Waals surface area contributed by atoms with E-state index in [4.69, 9.17) is 4.74 Å². The third-order valence-electron chi connectivity index (χ3n) is 5.01. The first-order chi connectivity index (χ1) is 14.8. The topological polar surface area (TPSA) is 117 Å². The summed E-state index contributed by atoms with van der Waals surface area (Å²) >= 11 is 0. The van der Waals surface area contributed by atoms with Gasteiger partial charge in [-0.3, -0.25) is 19.3 Å². The van der Waals surface area contributed by atoms with E-state index in [-0.39, 0.29) is 5.91 Å². The quantitative estimate of drug-likeness (QED) is 0.587. The van der Waals surface area contributed by atoms with Gasteiger partial charge in [-0.2, -0.15) is 0 Å². The summed E-state index contributed by atoms with van der Waals surface area (Å²) in [6.45, 7) is 3.49. The van der Waals surface area contributed by atoms with E-state index in [1.165, 1.54) is 7.11 Å². The minimum absolute atomic E-state index is 0.211. The number of carbonyl (C=O) groups excluding carboxylic acids is 4. The molecule has 5 amide bonds. The average Bonchev–Trinajstić information content (AvgIpc) is 2.98. The van der Waals surface area contributed by atoms with Gasteiger partial charge in [-0.1, -0.05) is 12.1 Å². The van der Waals surface area contributed by atoms with Crippen LogP contribution in [0, 0.1) is 0 Å². The van der Waals surface area contributed by atoms with Gasteiger partial charge in [0.15, 0.2) is 0 Å². The number of hydrogen-bond donors (Lipinski definition) is 3. The number of methoxy groups -OCH3 is 1. The molecule has 1 aliphatic heterocycles. The maximum Gasteiger partial charge on any atom is 0.325 e. The molecule has 1 fully saturated rings. The third kappa shape index (κ3) is 4.50. The second-order valence-corrected chi connectivity index (χ2v) is 7.16. The smallest absolute Gasteiger partial charge is 0.325 e. The van der Waals surface area contributed by atoms with E-state index < -0.39 is 29.9 Å². The van der Waals surface area contributed by atoms with Crippen LogP contribution in [0.5, 0.6) is 5.75 Å². The van der Waals surface area contributed by atoms with Crippen molar-refractivity contribution in [3.8, 4) is 5.75 Å². The molecule has 0 bridgehead atoms. The molecular formula is C22H24N4O5. The highest BCUT2D eigenvalue weighted by Crippen LogP contribution is 2.30. The number of nitrogens with one attached hydrogen (secondary N) is 3. The number of urea groups is 1. The van der Waals surface area contributed by atoms with Crippen LogP contribution in [0.3, 0.4) is 0 Å². The van der Waals surface area contributed by atoms with Crippen molar-refractivity contribution >= 4 is 29.4 Å². The van der Waals surface area contributed by atoms with E-state index >= 15 is 0 Å². The molecule has 162 valence electrons. The van der Waals surface area contributed by atoms with Gasteiger partial charge >= 0.3 is 6.03 Å². The summed E-state index contributed by atoms with van der Waals surface area (Å²) in [5.41, 5.74) is 0.209. The molecule has 1 heterocycles. The first-order valence-corrected chi connectivity index (χ1v) is 9.75. The molecule has 9 heteroatoms. The van der Waals surface area contributed by atoms with Crippen molar-refractivity contribution in [2.24, 2.45) is 0 Å². The van der Waals surface area contributed by atoms with Gasteiger partial charge in [0, 0.05) is 17.8 Å². The zero-order valence-corrected chi connectivity index (χ0v) is 17.5. The number of hydrogen-bond acceptors (Lipinski definition) is 5. The molecule has 3 rings (SSSR count). The van der Waals surface area contributed by atoms with E-state index in [9.17, 15) is 19.2 Å². The molecule has 2 aromatic carbocycles. The zero-order chi connectivity index (χ0) is 22.6. The van der Waals surface area contributed by atoms with Crippen molar-refractivity contribution in [2.75, 3.05) is 25.5 Å². The van der Waals surface area contributed by atoms with Crippen molar-refractivity contribution in [2.45, 2.75) is 19.4 Å². The number of rotatable bonds is 7. The second kappa shape index (κ2) is 8.86. The van der Waals surface area contributed by atoms with Crippen LogP contribution in [0.25, 0.3) is 0 Å². The summed E-state index contributed by atoms with van der Waals surface area (Å²) in [7, 11) is 1.53. The van der Waals surface area contributed by atoms with Crippen LogP contribution < -0.4 is 20.7 Å². The van der Waals surface area contributed by atoms with Gasteiger partial charge in [-0.05, 0) is 55.8 Å². The number of imide groups is 1. The minimum atomic E-state index is -1.28. The van der Waals surface area contributed by atoms with Crippen LogP contribution in [0.1, 0.15) is 29.8 Å². The molecule has 0 spiro atoms. The van der Waals surface area contributed by atoms with E-state index in [0.717, 1.165) is 4.90 Å². The lowest BCUT2D eigenvalue weighted by Gasteiger charge is -2.22. The highest BCUT2D eigenvalue weighted by Gasteiger charge is 2.49. The summed E-state index contributed by atoms with van der Waals surface area (Å²) < 4.78 is 5.12. The van der Waals surface area contributed by atoms with E-state index in [0.29, 0.717) is 29.1 Å². The molecule has 1 saturated heterocycles. The van der Waals surface area contributed by atoms with Gasteiger partial charge in [0.05, 0.1) is 7.11 Å². The average molecular weight is 424 g/mol. The van der Waals surface area contributed by atoms with Gasteiger partial charge in [-0.25, -0.2) is 4.79 Å². The Morgan fingerprint density at radius 2 is 1.71 bits per heavy atom. The van der Waals surface area contributed by atoms with E-state index in [1.54, 1.807) is 55.5 Å². The fourth-order valence-corrected chi connectivity index (χ4v) is 3.27. The Bertz CT molecular complexity index is 1000. The van der Waals surface area contributed by atoms with Crippen molar-refractivity contribution in [1.82, 2.24) is 15.5 Å². The van der Waals surface area contributed by atoms with Crippen molar-refractivity contribution < 1.29 is 23.9 Å². The Kier molecular flexibility index (Phi) is 6.24. The van der Waals surface area contributed by atoms with Crippen LogP contribution in [-0.4, -0.2) is 48.9 Å². The highest BCUT2D eigenvalue weighted by molar-refractivity contribution is 6.10. The Morgan fingerprint density at radius 1 is 1.06 bits per heavy atom.